The highest BCUT2D eigenvalue weighted by Gasteiger charge is 2.24. The summed E-state index contributed by atoms with van der Waals surface area (Å²) in [7, 11) is 1.78. The summed E-state index contributed by atoms with van der Waals surface area (Å²) in [4.78, 5) is 30.4. The first-order chi connectivity index (χ1) is 16.5. The largest absolute Gasteiger partial charge is 0.491 e. The predicted molar refractivity (Wildman–Crippen MR) is 136 cm³/mol. The van der Waals surface area contributed by atoms with Gasteiger partial charge in [0.05, 0.1) is 29.6 Å². The standard InChI is InChI=1S/C27H30ClN3O3/c1-3-16-34-26-11-7-6-10-23(26)31-14-12-30(13-15-31)19-25(32)20-17-24(29(2)18-20)27(33)21-8-4-5-9-22(21)28/h4-11,17-18H,3,12-16,19H2,1-2H3. The minimum Gasteiger partial charge on any atom is -0.491 e. The molecule has 0 bridgehead atoms. The van der Waals surface area contributed by atoms with Crippen molar-refractivity contribution >= 4 is 28.9 Å². The number of anilines is 1. The second-order valence-electron chi connectivity index (χ2n) is 8.54. The van der Waals surface area contributed by atoms with Crippen LogP contribution in [0.3, 0.4) is 0 Å². The summed E-state index contributed by atoms with van der Waals surface area (Å²) in [5.74, 6) is 0.729. The molecule has 1 aromatic heterocycles. The number of piperazine rings is 1. The Morgan fingerprint density at radius 2 is 1.71 bits per heavy atom. The molecule has 178 valence electrons. The van der Waals surface area contributed by atoms with E-state index in [0.29, 0.717) is 35.0 Å². The van der Waals surface area contributed by atoms with E-state index in [4.69, 9.17) is 16.3 Å². The SMILES string of the molecule is CCCOc1ccccc1N1CCN(CC(=O)c2cc(C(=O)c3ccccc3Cl)n(C)c2)CC1. The molecule has 1 saturated heterocycles. The van der Waals surface area contributed by atoms with Crippen LogP contribution in [0, 0.1) is 0 Å². The molecule has 0 aliphatic carbocycles. The van der Waals surface area contributed by atoms with E-state index < -0.39 is 0 Å². The van der Waals surface area contributed by atoms with E-state index >= 15 is 0 Å². The predicted octanol–water partition coefficient (Wildman–Crippen LogP) is 4.70. The van der Waals surface area contributed by atoms with Crippen molar-refractivity contribution in [3.63, 3.8) is 0 Å². The lowest BCUT2D eigenvalue weighted by molar-refractivity contribution is 0.0926. The first-order valence-corrected chi connectivity index (χ1v) is 12.0. The molecule has 0 saturated carbocycles. The van der Waals surface area contributed by atoms with Crippen LogP contribution in [0.2, 0.25) is 5.02 Å². The second kappa shape index (κ2) is 10.9. The molecule has 0 spiro atoms. The van der Waals surface area contributed by atoms with Crippen LogP contribution in [0.5, 0.6) is 5.75 Å². The number of para-hydroxylation sites is 2. The zero-order valence-electron chi connectivity index (χ0n) is 19.7. The van der Waals surface area contributed by atoms with Crippen LogP contribution in [0.15, 0.2) is 60.8 Å². The number of hydrogen-bond acceptors (Lipinski definition) is 5. The van der Waals surface area contributed by atoms with Gasteiger partial charge in [-0.3, -0.25) is 14.5 Å². The van der Waals surface area contributed by atoms with Gasteiger partial charge in [-0.2, -0.15) is 0 Å². The summed E-state index contributed by atoms with van der Waals surface area (Å²) < 4.78 is 7.61. The van der Waals surface area contributed by atoms with Crippen molar-refractivity contribution in [2.45, 2.75) is 13.3 Å². The normalized spacial score (nSPS) is 14.3. The van der Waals surface area contributed by atoms with Gasteiger partial charge in [0.2, 0.25) is 5.78 Å². The molecule has 0 amide bonds. The van der Waals surface area contributed by atoms with Gasteiger partial charge in [0.1, 0.15) is 5.75 Å². The molecule has 34 heavy (non-hydrogen) atoms. The smallest absolute Gasteiger partial charge is 0.210 e. The molecule has 2 aromatic carbocycles. The number of nitrogens with zero attached hydrogens (tertiary/aromatic N) is 3. The third-order valence-corrected chi connectivity index (χ3v) is 6.41. The molecule has 0 unspecified atom stereocenters. The summed E-state index contributed by atoms with van der Waals surface area (Å²) in [5.41, 5.74) is 2.53. The van der Waals surface area contributed by atoms with Gasteiger partial charge in [0, 0.05) is 50.6 Å². The topological polar surface area (TPSA) is 54.8 Å². The summed E-state index contributed by atoms with van der Waals surface area (Å²) in [6.07, 6.45) is 2.69. The number of benzene rings is 2. The number of aryl methyl sites for hydroxylation is 1. The van der Waals surface area contributed by atoms with Crippen LogP contribution in [0.1, 0.15) is 39.8 Å². The van der Waals surface area contributed by atoms with Crippen molar-refractivity contribution in [3.05, 3.63) is 82.6 Å². The highest BCUT2D eigenvalue weighted by atomic mass is 35.5. The van der Waals surface area contributed by atoms with Gasteiger partial charge in [-0.05, 0) is 36.8 Å². The number of carbonyl (C=O) groups excluding carboxylic acids is 2. The number of halogens is 1. The second-order valence-corrected chi connectivity index (χ2v) is 8.94. The Bertz CT molecular complexity index is 1170. The number of ketones is 2. The summed E-state index contributed by atoms with van der Waals surface area (Å²) in [6, 6.07) is 16.8. The average Bonchev–Trinajstić information content (AvgIpc) is 3.25. The lowest BCUT2D eigenvalue weighted by Gasteiger charge is -2.36. The first kappa shape index (κ1) is 24.0. The van der Waals surface area contributed by atoms with E-state index in [1.807, 2.05) is 18.2 Å². The van der Waals surface area contributed by atoms with E-state index in [1.165, 1.54) is 0 Å². The van der Waals surface area contributed by atoms with E-state index in [9.17, 15) is 9.59 Å². The Hall–Kier alpha value is -3.09. The molecule has 2 heterocycles. The van der Waals surface area contributed by atoms with Crippen molar-refractivity contribution in [3.8, 4) is 5.75 Å². The Labute approximate surface area is 205 Å². The minimum absolute atomic E-state index is 0.00828. The van der Waals surface area contributed by atoms with Crippen LogP contribution in [0.25, 0.3) is 0 Å². The van der Waals surface area contributed by atoms with Crippen molar-refractivity contribution in [1.29, 1.82) is 0 Å². The molecule has 6 nitrogen and oxygen atoms in total. The maximum Gasteiger partial charge on any atom is 0.210 e. The number of ether oxygens (including phenoxy) is 1. The number of hydrogen-bond donors (Lipinski definition) is 0. The monoisotopic (exact) mass is 479 g/mol. The molecule has 1 aliphatic rings. The van der Waals surface area contributed by atoms with Crippen LogP contribution in [-0.4, -0.2) is 60.4 Å². The fourth-order valence-electron chi connectivity index (χ4n) is 4.22. The Morgan fingerprint density at radius 3 is 2.44 bits per heavy atom. The fraction of sp³-hybridized carbons (Fsp3) is 0.333. The van der Waals surface area contributed by atoms with Gasteiger partial charge >= 0.3 is 0 Å². The first-order valence-electron chi connectivity index (χ1n) is 11.7. The summed E-state index contributed by atoms with van der Waals surface area (Å²) >= 11 is 6.19. The Morgan fingerprint density at radius 1 is 1.00 bits per heavy atom. The lowest BCUT2D eigenvalue weighted by Crippen LogP contribution is -2.48. The number of rotatable bonds is 9. The molecule has 3 aromatic rings. The van der Waals surface area contributed by atoms with Gasteiger partial charge in [0.25, 0.3) is 0 Å². The highest BCUT2D eigenvalue weighted by molar-refractivity contribution is 6.34. The van der Waals surface area contributed by atoms with E-state index in [2.05, 4.69) is 22.8 Å². The summed E-state index contributed by atoms with van der Waals surface area (Å²) in [6.45, 7) is 6.34. The highest BCUT2D eigenvalue weighted by Crippen LogP contribution is 2.29. The number of aromatic nitrogens is 1. The molecule has 4 rings (SSSR count). The van der Waals surface area contributed by atoms with Gasteiger partial charge in [-0.1, -0.05) is 42.8 Å². The van der Waals surface area contributed by atoms with E-state index in [0.717, 1.165) is 44.0 Å². The maximum absolute atomic E-state index is 13.0. The maximum atomic E-state index is 13.0. The molecule has 0 N–H and O–H groups in total. The minimum atomic E-state index is -0.190. The Balaban J connectivity index is 1.38. The molecule has 0 atom stereocenters. The molecular weight excluding hydrogens is 450 g/mol. The van der Waals surface area contributed by atoms with Crippen molar-refractivity contribution in [2.24, 2.45) is 7.05 Å². The number of carbonyl (C=O) groups is 2. The third kappa shape index (κ3) is 5.34. The average molecular weight is 480 g/mol. The molecular formula is C27H30ClN3O3. The van der Waals surface area contributed by atoms with Crippen molar-refractivity contribution < 1.29 is 14.3 Å². The fourth-order valence-corrected chi connectivity index (χ4v) is 4.44. The quantitative estimate of drug-likeness (QED) is 0.416. The molecule has 0 radical (unpaired) electrons. The zero-order chi connectivity index (χ0) is 24.1. The third-order valence-electron chi connectivity index (χ3n) is 6.09. The van der Waals surface area contributed by atoms with Crippen LogP contribution in [0.4, 0.5) is 5.69 Å². The lowest BCUT2D eigenvalue weighted by atomic mass is 10.1. The van der Waals surface area contributed by atoms with Gasteiger partial charge in [-0.15, -0.1) is 0 Å². The van der Waals surface area contributed by atoms with Gasteiger partial charge in [-0.25, -0.2) is 0 Å². The van der Waals surface area contributed by atoms with Crippen molar-refractivity contribution in [2.75, 3.05) is 44.2 Å². The number of Topliss-reactive ketones (excluding diaryl/α,β-unsaturated/α-hetero) is 1. The van der Waals surface area contributed by atoms with Gasteiger partial charge < -0.3 is 14.2 Å². The zero-order valence-corrected chi connectivity index (χ0v) is 20.4. The van der Waals surface area contributed by atoms with E-state index in [-0.39, 0.29) is 11.6 Å². The Kier molecular flexibility index (Phi) is 7.70. The molecule has 7 heteroatoms. The van der Waals surface area contributed by atoms with Crippen LogP contribution >= 0.6 is 11.6 Å². The molecule has 1 aliphatic heterocycles. The van der Waals surface area contributed by atoms with E-state index in [1.54, 1.807) is 48.1 Å². The summed E-state index contributed by atoms with van der Waals surface area (Å²) in [5, 5.41) is 0.404. The molecule has 1 fully saturated rings. The van der Waals surface area contributed by atoms with Crippen molar-refractivity contribution in [1.82, 2.24) is 9.47 Å². The van der Waals surface area contributed by atoms with Crippen LogP contribution in [-0.2, 0) is 7.05 Å². The van der Waals surface area contributed by atoms with Gasteiger partial charge in [0.15, 0.2) is 5.78 Å². The van der Waals surface area contributed by atoms with Crippen LogP contribution < -0.4 is 9.64 Å².